The summed E-state index contributed by atoms with van der Waals surface area (Å²) in [6, 6.07) is 36.0. The maximum absolute atomic E-state index is 12.2. The smallest absolute Gasteiger partial charge is 0.267 e. The van der Waals surface area contributed by atoms with Crippen LogP contribution in [0.25, 0.3) is 0 Å². The fraction of sp³-hybridized carbons (Fsp3) is 0.345. The van der Waals surface area contributed by atoms with Crippen LogP contribution in [0.15, 0.2) is 121 Å². The third-order valence-corrected chi connectivity index (χ3v) is 15.0. The highest BCUT2D eigenvalue weighted by Gasteiger charge is 2.20. The molecule has 5 amide bonds. The molecule has 0 saturated carbocycles. The molecular formula is C58H73Br2I3N10O10. The zero-order valence-corrected chi connectivity index (χ0v) is 53.8. The number of nitrogen functional groups attached to an aromatic ring is 1. The average Bonchev–Trinajstić information content (AvgIpc) is 3.54. The van der Waals surface area contributed by atoms with Gasteiger partial charge in [0.25, 0.3) is 11.8 Å². The summed E-state index contributed by atoms with van der Waals surface area (Å²) in [5.41, 5.74) is 17.3. The average molecular weight is 1610 g/mol. The molecule has 3 aliphatic heterocycles. The zero-order chi connectivity index (χ0) is 58.8. The lowest BCUT2D eigenvalue weighted by Crippen LogP contribution is -2.50. The van der Waals surface area contributed by atoms with Crippen LogP contribution in [0.3, 0.4) is 0 Å². The van der Waals surface area contributed by atoms with Gasteiger partial charge in [-0.2, -0.15) is 0 Å². The Hall–Kier alpha value is -4.69. The van der Waals surface area contributed by atoms with Crippen molar-refractivity contribution in [2.24, 2.45) is 5.73 Å². The van der Waals surface area contributed by atoms with E-state index in [2.05, 4.69) is 147 Å². The molecule has 0 radical (unpaired) electrons. The van der Waals surface area contributed by atoms with Crippen LogP contribution in [0, 0.1) is 22.6 Å². The normalized spacial score (nSPS) is 14.1. The molecule has 20 nitrogen and oxygen atoms in total. The minimum Gasteiger partial charge on any atom is -0.399 e. The first-order valence-corrected chi connectivity index (χ1v) is 30.4. The van der Waals surface area contributed by atoms with E-state index in [4.69, 9.17) is 30.9 Å². The number of halogens is 5. The molecule has 83 heavy (non-hydrogen) atoms. The third kappa shape index (κ3) is 32.4. The second-order valence-electron chi connectivity index (χ2n) is 17.5. The number of nitrogens with one attached hydrogen (secondary N) is 5. The molecule has 5 aromatic rings. The number of nitrogens with zero attached hydrogens (tertiary/aromatic N) is 3. The third-order valence-electron chi connectivity index (χ3n) is 11.3. The van der Waals surface area contributed by atoms with Gasteiger partial charge in [0.05, 0.1) is 64.6 Å². The van der Waals surface area contributed by atoms with Crippen molar-refractivity contribution in [3.8, 4) is 11.8 Å². The fourth-order valence-corrected chi connectivity index (χ4v) is 8.13. The van der Waals surface area contributed by atoms with E-state index in [1.54, 1.807) is 36.4 Å². The molecule has 3 heterocycles. The van der Waals surface area contributed by atoms with E-state index < -0.39 is 17.9 Å². The van der Waals surface area contributed by atoms with Crippen molar-refractivity contribution in [3.05, 3.63) is 149 Å². The lowest BCUT2D eigenvalue weighted by molar-refractivity contribution is -0.131. The van der Waals surface area contributed by atoms with Crippen molar-refractivity contribution >= 4 is 157 Å². The Morgan fingerprint density at radius 1 is 0.542 bits per heavy atom. The van der Waals surface area contributed by atoms with Crippen LogP contribution in [0.4, 0.5) is 22.7 Å². The SMILES string of the molecule is C.C.NCC(NC(=O)c1ccc(C#Cc2ccc(NC(=O)CN3CCOCC3)cc2)cc1)C(=O)NO.Nc1ccc(I)cc1.O=C(Br)CBr.O=C(CN1CCOCC1)Nc1ccc(I)cc1.O=C(CN1CCOCC1)Nc1ccc(I)cc1. The van der Waals surface area contributed by atoms with E-state index in [-0.39, 0.29) is 43.8 Å². The molecule has 0 bridgehead atoms. The number of carbonyl (C=O) groups excluding carboxylic acids is 6. The maximum atomic E-state index is 12.2. The summed E-state index contributed by atoms with van der Waals surface area (Å²) in [6.45, 7) is 10.1. The molecule has 450 valence electrons. The minimum absolute atomic E-state index is 0. The molecule has 3 fully saturated rings. The van der Waals surface area contributed by atoms with Crippen molar-refractivity contribution in [1.29, 1.82) is 0 Å². The Morgan fingerprint density at radius 3 is 1.13 bits per heavy atom. The zero-order valence-electron chi connectivity index (χ0n) is 44.2. The first-order chi connectivity index (χ1) is 39.0. The van der Waals surface area contributed by atoms with Crippen molar-refractivity contribution in [2.45, 2.75) is 20.9 Å². The number of nitrogens with two attached hydrogens (primary N) is 2. The quantitative estimate of drug-likeness (QED) is 0.0102. The Bertz CT molecular complexity index is 2690. The summed E-state index contributed by atoms with van der Waals surface area (Å²) >= 11 is 12.3. The number of rotatable bonds is 14. The Kier molecular flexibility index (Phi) is 38.6. The molecule has 25 heteroatoms. The van der Waals surface area contributed by atoms with Gasteiger partial charge in [-0.15, -0.1) is 0 Å². The van der Waals surface area contributed by atoms with E-state index in [0.29, 0.717) is 55.0 Å². The number of alkyl halides is 1. The van der Waals surface area contributed by atoms with E-state index in [0.717, 1.165) is 95.5 Å². The van der Waals surface area contributed by atoms with Gasteiger partial charge in [0.2, 0.25) is 22.4 Å². The van der Waals surface area contributed by atoms with Crippen molar-refractivity contribution < 1.29 is 48.2 Å². The van der Waals surface area contributed by atoms with Crippen LogP contribution in [-0.4, -0.2) is 171 Å². The van der Waals surface area contributed by atoms with E-state index in [1.807, 2.05) is 84.9 Å². The number of morpholine rings is 3. The molecule has 0 aromatic heterocycles. The van der Waals surface area contributed by atoms with Crippen molar-refractivity contribution in [3.63, 3.8) is 0 Å². The number of benzene rings is 5. The summed E-state index contributed by atoms with van der Waals surface area (Å²) in [7, 11) is 0. The number of anilines is 4. The molecular weight excluding hydrogens is 1540 g/mol. The first kappa shape index (κ1) is 74.4. The van der Waals surface area contributed by atoms with Crippen molar-refractivity contribution in [1.82, 2.24) is 25.5 Å². The number of carbonyl (C=O) groups is 6. The van der Waals surface area contributed by atoms with Gasteiger partial charge in [0.1, 0.15) is 6.04 Å². The van der Waals surface area contributed by atoms with Crippen LogP contribution in [-0.2, 0) is 38.2 Å². The largest absolute Gasteiger partial charge is 0.399 e. The standard InChI is InChI=1S/C24H27N5O5.2C12H15IN2O2.C6H6IN.C2H2Br2O.2CH4/c25-15-21(24(32)28-33)27-23(31)19-7-3-17(4-8-19)1-2-18-5-9-20(10-6-18)26-22(30)16-29-11-13-34-14-12-29;2*13-10-1-3-11(4-2-10)14-12(16)9-15-5-7-17-8-6-15;7-5-1-3-6(8)4-2-5;3-1-2(4)5;;/h3-10,21,33H,11-16,25H2,(H,26,30)(H,27,31)(H,28,32);2*1-4H,5-9H2,(H,14,16);1-4H,8H2;1H2;2*1H4. The monoisotopic (exact) mass is 1610 g/mol. The molecule has 1 atom stereocenters. The highest BCUT2D eigenvalue weighted by Crippen LogP contribution is 2.14. The maximum Gasteiger partial charge on any atom is 0.267 e. The van der Waals surface area contributed by atoms with Gasteiger partial charge in [-0.1, -0.05) is 42.6 Å². The van der Waals surface area contributed by atoms with Gasteiger partial charge in [-0.3, -0.25) is 48.7 Å². The predicted octanol–water partition coefficient (Wildman–Crippen LogP) is 7.49. The Balaban J connectivity index is 0.000000403. The van der Waals surface area contributed by atoms with Gasteiger partial charge in [-0.25, -0.2) is 5.48 Å². The fourth-order valence-electron chi connectivity index (χ4n) is 7.06. The van der Waals surface area contributed by atoms with Gasteiger partial charge in [0.15, 0.2) is 0 Å². The number of hydroxylamine groups is 1. The molecule has 3 saturated heterocycles. The number of amides is 5. The van der Waals surface area contributed by atoms with Crippen LogP contribution in [0.2, 0.25) is 0 Å². The number of hydrogen-bond donors (Lipinski definition) is 8. The molecule has 0 spiro atoms. The molecule has 0 aliphatic carbocycles. The molecule has 8 rings (SSSR count). The second-order valence-corrected chi connectivity index (χ2v) is 22.7. The lowest BCUT2D eigenvalue weighted by atomic mass is 10.1. The molecule has 5 aromatic carbocycles. The highest BCUT2D eigenvalue weighted by molar-refractivity contribution is 14.1. The van der Waals surface area contributed by atoms with E-state index >= 15 is 0 Å². The predicted molar refractivity (Wildman–Crippen MR) is 360 cm³/mol. The summed E-state index contributed by atoms with van der Waals surface area (Å²) < 4.78 is 19.3. The van der Waals surface area contributed by atoms with Crippen molar-refractivity contribution in [2.75, 3.05) is 132 Å². The molecule has 3 aliphatic rings. The van der Waals surface area contributed by atoms with E-state index in [1.165, 1.54) is 9.05 Å². The van der Waals surface area contributed by atoms with Gasteiger partial charge < -0.3 is 46.9 Å². The summed E-state index contributed by atoms with van der Waals surface area (Å²) in [5.74, 6) is 4.77. The Labute approximate surface area is 544 Å². The number of hydrogen-bond acceptors (Lipinski definition) is 15. The second kappa shape index (κ2) is 43.0. The van der Waals surface area contributed by atoms with E-state index in [9.17, 15) is 28.8 Å². The molecule has 10 N–H and O–H groups in total. The van der Waals surface area contributed by atoms with Gasteiger partial charge >= 0.3 is 0 Å². The summed E-state index contributed by atoms with van der Waals surface area (Å²) in [4.78, 5) is 75.3. The minimum atomic E-state index is -1.04. The topological polar surface area (TPSA) is 272 Å². The number of ether oxygens (including phenoxy) is 3. The van der Waals surface area contributed by atoms with Crippen LogP contribution < -0.4 is 38.2 Å². The Morgan fingerprint density at radius 2 is 0.843 bits per heavy atom. The first-order valence-electron chi connectivity index (χ1n) is 25.3. The van der Waals surface area contributed by atoms with Gasteiger partial charge in [0, 0.05) is 96.0 Å². The van der Waals surface area contributed by atoms with Gasteiger partial charge in [-0.05, 0) is 205 Å². The highest BCUT2D eigenvalue weighted by atomic mass is 127. The lowest BCUT2D eigenvalue weighted by Gasteiger charge is -2.25. The van der Waals surface area contributed by atoms with Crippen LogP contribution in [0.5, 0.6) is 0 Å². The summed E-state index contributed by atoms with van der Waals surface area (Å²) in [6.07, 6.45) is 0. The molecule has 1 unspecified atom stereocenters. The van der Waals surface area contributed by atoms with Crippen LogP contribution >= 0.6 is 99.6 Å². The van der Waals surface area contributed by atoms with Crippen LogP contribution in [0.1, 0.15) is 36.3 Å². The summed E-state index contributed by atoms with van der Waals surface area (Å²) in [5, 5.41) is 20.2.